The third-order valence-electron chi connectivity index (χ3n) is 4.04. The molecule has 1 heterocycles. The minimum atomic E-state index is -0.174. The molecule has 6 heteroatoms. The van der Waals surface area contributed by atoms with Crippen molar-refractivity contribution in [1.82, 2.24) is 0 Å². The summed E-state index contributed by atoms with van der Waals surface area (Å²) in [5.74, 6) is 1.04. The van der Waals surface area contributed by atoms with E-state index in [1.807, 2.05) is 55.5 Å². The molecule has 25 heavy (non-hydrogen) atoms. The molecule has 0 aliphatic carbocycles. The highest BCUT2D eigenvalue weighted by molar-refractivity contribution is 7.99. The molecule has 0 aromatic heterocycles. The van der Waals surface area contributed by atoms with Gasteiger partial charge >= 0.3 is 0 Å². The van der Waals surface area contributed by atoms with E-state index < -0.39 is 0 Å². The van der Waals surface area contributed by atoms with Crippen LogP contribution in [0.4, 0.5) is 11.4 Å². The Morgan fingerprint density at radius 1 is 1.24 bits per heavy atom. The molecule has 130 valence electrons. The number of para-hydroxylation sites is 2. The van der Waals surface area contributed by atoms with Crippen LogP contribution in [0.3, 0.4) is 0 Å². The summed E-state index contributed by atoms with van der Waals surface area (Å²) in [6.45, 7) is 1.91. The first-order chi connectivity index (χ1) is 12.0. The van der Waals surface area contributed by atoms with E-state index in [0.717, 1.165) is 17.0 Å². The lowest BCUT2D eigenvalue weighted by atomic mass is 10.2. The summed E-state index contributed by atoms with van der Waals surface area (Å²) in [5, 5.41) is 3.58. The number of hydrogen-bond acceptors (Lipinski definition) is 3. The Kier molecular flexibility index (Phi) is 5.66. The second-order valence-electron chi connectivity index (χ2n) is 6.00. The third-order valence-corrected chi connectivity index (χ3v) is 5.28. The van der Waals surface area contributed by atoms with Gasteiger partial charge in [0.2, 0.25) is 11.8 Å². The summed E-state index contributed by atoms with van der Waals surface area (Å²) in [6, 6.07) is 14.9. The van der Waals surface area contributed by atoms with Crippen LogP contribution in [0.15, 0.2) is 48.5 Å². The van der Waals surface area contributed by atoms with Crippen molar-refractivity contribution in [2.75, 3.05) is 16.0 Å². The smallest absolute Gasteiger partial charge is 0.237 e. The highest BCUT2D eigenvalue weighted by Gasteiger charge is 2.29. The molecule has 0 radical (unpaired) electrons. The number of anilines is 2. The van der Waals surface area contributed by atoms with E-state index in [2.05, 4.69) is 5.32 Å². The monoisotopic (exact) mass is 374 g/mol. The molecule has 0 spiro atoms. The number of amides is 2. The molecule has 0 unspecified atom stereocenters. The van der Waals surface area contributed by atoms with Gasteiger partial charge in [-0.3, -0.25) is 9.59 Å². The number of carbonyl (C=O) groups excluding carboxylic acids is 2. The van der Waals surface area contributed by atoms with Crippen LogP contribution >= 0.6 is 23.4 Å². The minimum absolute atomic E-state index is 0.00964. The van der Waals surface area contributed by atoms with Gasteiger partial charge in [0, 0.05) is 23.2 Å². The lowest BCUT2D eigenvalue weighted by Gasteiger charge is -2.27. The second-order valence-corrected chi connectivity index (χ2v) is 7.42. The molecule has 2 aromatic carbocycles. The Hall–Kier alpha value is -1.98. The number of nitrogens with one attached hydrogen (secondary N) is 1. The molecule has 1 aliphatic heterocycles. The molecule has 1 N–H and O–H groups in total. The van der Waals surface area contributed by atoms with Gasteiger partial charge in [-0.2, -0.15) is 0 Å². The summed E-state index contributed by atoms with van der Waals surface area (Å²) in [7, 11) is 0. The average Bonchev–Trinajstić information content (AvgIpc) is 2.70. The number of carbonyl (C=O) groups is 2. The zero-order valence-corrected chi connectivity index (χ0v) is 15.4. The molecule has 2 amide bonds. The predicted molar refractivity (Wildman–Crippen MR) is 104 cm³/mol. The normalized spacial score (nSPS) is 16.8. The van der Waals surface area contributed by atoms with Crippen LogP contribution in [-0.2, 0) is 15.3 Å². The number of rotatable bonds is 4. The van der Waals surface area contributed by atoms with Gasteiger partial charge in [0.25, 0.3) is 0 Å². The Bertz CT molecular complexity index is 779. The fourth-order valence-corrected chi connectivity index (χ4v) is 3.84. The first-order valence-corrected chi connectivity index (χ1v) is 9.61. The number of nitrogens with zero attached hydrogens (tertiary/aromatic N) is 1. The van der Waals surface area contributed by atoms with Crippen LogP contribution in [-0.4, -0.2) is 23.6 Å². The van der Waals surface area contributed by atoms with Gasteiger partial charge in [0.05, 0.1) is 17.1 Å². The van der Waals surface area contributed by atoms with E-state index in [1.165, 1.54) is 0 Å². The molecule has 1 atom stereocenters. The van der Waals surface area contributed by atoms with Crippen molar-refractivity contribution in [3.8, 4) is 0 Å². The Morgan fingerprint density at radius 3 is 2.72 bits per heavy atom. The van der Waals surface area contributed by atoms with Crippen LogP contribution in [0.2, 0.25) is 5.02 Å². The molecule has 0 saturated carbocycles. The lowest BCUT2D eigenvalue weighted by Crippen LogP contribution is -2.40. The maximum Gasteiger partial charge on any atom is 0.237 e. The second kappa shape index (κ2) is 7.93. The molecule has 2 aromatic rings. The number of halogens is 1. The van der Waals surface area contributed by atoms with Crippen molar-refractivity contribution in [3.63, 3.8) is 0 Å². The van der Waals surface area contributed by atoms with Gasteiger partial charge < -0.3 is 10.2 Å². The van der Waals surface area contributed by atoms with E-state index in [-0.39, 0.29) is 17.9 Å². The van der Waals surface area contributed by atoms with Crippen LogP contribution in [0.25, 0.3) is 0 Å². The van der Waals surface area contributed by atoms with E-state index >= 15 is 0 Å². The number of fused-ring (bicyclic) bond motifs is 1. The van der Waals surface area contributed by atoms with E-state index in [1.54, 1.807) is 16.7 Å². The van der Waals surface area contributed by atoms with E-state index in [0.29, 0.717) is 22.9 Å². The van der Waals surface area contributed by atoms with Crippen molar-refractivity contribution in [1.29, 1.82) is 0 Å². The molecule has 3 rings (SSSR count). The first kappa shape index (κ1) is 17.8. The van der Waals surface area contributed by atoms with Crippen LogP contribution in [0, 0.1) is 0 Å². The Balaban J connectivity index is 1.69. The Morgan fingerprint density at radius 2 is 1.96 bits per heavy atom. The molecule has 1 aliphatic rings. The molecular weight excluding hydrogens is 356 g/mol. The summed E-state index contributed by atoms with van der Waals surface area (Å²) in [5.41, 5.74) is 2.58. The zero-order valence-electron chi connectivity index (χ0n) is 13.9. The van der Waals surface area contributed by atoms with Crippen molar-refractivity contribution in [2.24, 2.45) is 0 Å². The average molecular weight is 375 g/mol. The summed E-state index contributed by atoms with van der Waals surface area (Å²) in [4.78, 5) is 26.5. The van der Waals surface area contributed by atoms with Crippen molar-refractivity contribution in [3.05, 3.63) is 59.1 Å². The largest absolute Gasteiger partial charge is 0.324 e. The summed E-state index contributed by atoms with van der Waals surface area (Å²) >= 11 is 7.45. The van der Waals surface area contributed by atoms with Crippen LogP contribution in [0.1, 0.15) is 18.9 Å². The number of hydrogen-bond donors (Lipinski definition) is 1. The van der Waals surface area contributed by atoms with Crippen molar-refractivity contribution in [2.45, 2.75) is 25.1 Å². The van der Waals surface area contributed by atoms with Crippen LogP contribution < -0.4 is 10.2 Å². The fourth-order valence-electron chi connectivity index (χ4n) is 2.87. The maximum absolute atomic E-state index is 12.8. The van der Waals surface area contributed by atoms with Crippen molar-refractivity contribution >= 4 is 46.6 Å². The highest BCUT2D eigenvalue weighted by atomic mass is 35.5. The van der Waals surface area contributed by atoms with E-state index in [4.69, 9.17) is 11.6 Å². The number of benzene rings is 2. The van der Waals surface area contributed by atoms with Crippen LogP contribution in [0.5, 0.6) is 0 Å². The quantitative estimate of drug-likeness (QED) is 0.866. The highest BCUT2D eigenvalue weighted by Crippen LogP contribution is 2.31. The summed E-state index contributed by atoms with van der Waals surface area (Å²) < 4.78 is 0. The SMILES string of the molecule is C[C@H]1CC(=O)Nc2ccccc2N1C(=O)CSCc1ccc(Cl)cc1. The Labute approximate surface area is 156 Å². The van der Waals surface area contributed by atoms with Gasteiger partial charge in [-0.1, -0.05) is 35.9 Å². The predicted octanol–water partition coefficient (Wildman–Crippen LogP) is 4.34. The molecule has 0 fully saturated rings. The molecule has 0 saturated heterocycles. The molecule has 4 nitrogen and oxygen atoms in total. The zero-order chi connectivity index (χ0) is 17.8. The van der Waals surface area contributed by atoms with Gasteiger partial charge in [-0.15, -0.1) is 11.8 Å². The minimum Gasteiger partial charge on any atom is -0.324 e. The van der Waals surface area contributed by atoms with Gasteiger partial charge in [-0.05, 0) is 36.8 Å². The standard InChI is InChI=1S/C19H19ClN2O2S/c1-13-10-18(23)21-16-4-2-3-5-17(16)22(13)19(24)12-25-11-14-6-8-15(20)9-7-14/h2-9,13H,10-12H2,1H3,(H,21,23)/t13-/m0/s1. The first-order valence-electron chi connectivity index (χ1n) is 8.07. The van der Waals surface area contributed by atoms with Gasteiger partial charge in [0.1, 0.15) is 0 Å². The fraction of sp³-hybridized carbons (Fsp3) is 0.263. The lowest BCUT2D eigenvalue weighted by molar-refractivity contribution is -0.117. The molecular formula is C19H19ClN2O2S. The van der Waals surface area contributed by atoms with Crippen molar-refractivity contribution < 1.29 is 9.59 Å². The van der Waals surface area contributed by atoms with Gasteiger partial charge in [-0.25, -0.2) is 0 Å². The number of thioether (sulfide) groups is 1. The maximum atomic E-state index is 12.8. The summed E-state index contributed by atoms with van der Waals surface area (Å²) in [6.07, 6.45) is 0.294. The van der Waals surface area contributed by atoms with E-state index in [9.17, 15) is 9.59 Å². The topological polar surface area (TPSA) is 49.4 Å². The third kappa shape index (κ3) is 4.35. The van der Waals surface area contributed by atoms with Gasteiger partial charge in [0.15, 0.2) is 0 Å². The molecule has 0 bridgehead atoms.